The highest BCUT2D eigenvalue weighted by Crippen LogP contribution is 2.22. The van der Waals surface area contributed by atoms with Gasteiger partial charge in [-0.15, -0.1) is 6.58 Å². The Kier molecular flexibility index (Phi) is 6.62. The third-order valence-corrected chi connectivity index (χ3v) is 1.91. The summed E-state index contributed by atoms with van der Waals surface area (Å²) in [6, 6.07) is -0.0888. The van der Waals surface area contributed by atoms with Gasteiger partial charge in [0.1, 0.15) is 0 Å². The lowest BCUT2D eigenvalue weighted by molar-refractivity contribution is -0.136. The summed E-state index contributed by atoms with van der Waals surface area (Å²) in [5.74, 6) is 0. The second-order valence-corrected chi connectivity index (χ2v) is 3.33. The van der Waals surface area contributed by atoms with Gasteiger partial charge in [0.05, 0.1) is 0 Å². The van der Waals surface area contributed by atoms with Gasteiger partial charge in [0, 0.05) is 12.5 Å². The first-order chi connectivity index (χ1) is 6.49. The van der Waals surface area contributed by atoms with Crippen molar-refractivity contribution in [2.45, 2.75) is 44.8 Å². The molecule has 1 nitrogen and oxygen atoms in total. The first-order valence-electron chi connectivity index (χ1n) is 4.90. The Bertz CT molecular complexity index is 154. The molecule has 0 saturated carbocycles. The Labute approximate surface area is 83.4 Å². The molecule has 84 valence electrons. The summed E-state index contributed by atoms with van der Waals surface area (Å²) in [5.41, 5.74) is 0. The largest absolute Gasteiger partial charge is 0.389 e. The van der Waals surface area contributed by atoms with Gasteiger partial charge in [-0.05, 0) is 25.8 Å². The monoisotopic (exact) mass is 209 g/mol. The maximum absolute atomic E-state index is 11.9. The van der Waals surface area contributed by atoms with Crippen molar-refractivity contribution in [1.82, 2.24) is 5.32 Å². The number of rotatable bonds is 7. The van der Waals surface area contributed by atoms with Crippen LogP contribution in [-0.4, -0.2) is 18.8 Å². The quantitative estimate of drug-likeness (QED) is 0.634. The van der Waals surface area contributed by atoms with Gasteiger partial charge in [0.25, 0.3) is 0 Å². The SMILES string of the molecule is C=CCC(CCC(F)(F)F)NCCC. The molecule has 1 N–H and O–H groups in total. The molecule has 0 aromatic carbocycles. The van der Waals surface area contributed by atoms with E-state index >= 15 is 0 Å². The minimum Gasteiger partial charge on any atom is -0.314 e. The number of hydrogen-bond acceptors (Lipinski definition) is 1. The first-order valence-corrected chi connectivity index (χ1v) is 4.90. The molecule has 0 heterocycles. The lowest BCUT2D eigenvalue weighted by Crippen LogP contribution is -2.30. The van der Waals surface area contributed by atoms with E-state index in [4.69, 9.17) is 0 Å². The van der Waals surface area contributed by atoms with Crippen LogP contribution in [0.4, 0.5) is 13.2 Å². The molecule has 1 atom stereocenters. The summed E-state index contributed by atoms with van der Waals surface area (Å²) < 4.78 is 35.8. The Morgan fingerprint density at radius 1 is 1.43 bits per heavy atom. The van der Waals surface area contributed by atoms with Crippen molar-refractivity contribution >= 4 is 0 Å². The van der Waals surface area contributed by atoms with Gasteiger partial charge in [-0.2, -0.15) is 13.2 Å². The van der Waals surface area contributed by atoms with E-state index in [0.717, 1.165) is 13.0 Å². The molecule has 0 aromatic heterocycles. The Hall–Kier alpha value is -0.510. The Balaban J connectivity index is 3.77. The van der Waals surface area contributed by atoms with E-state index in [-0.39, 0.29) is 12.5 Å². The molecule has 4 heteroatoms. The number of hydrogen-bond donors (Lipinski definition) is 1. The van der Waals surface area contributed by atoms with Crippen molar-refractivity contribution in [3.63, 3.8) is 0 Å². The third-order valence-electron chi connectivity index (χ3n) is 1.91. The fourth-order valence-corrected chi connectivity index (χ4v) is 1.19. The zero-order chi connectivity index (χ0) is 11.0. The second kappa shape index (κ2) is 6.87. The van der Waals surface area contributed by atoms with Crippen molar-refractivity contribution < 1.29 is 13.2 Å². The van der Waals surface area contributed by atoms with Crippen molar-refractivity contribution in [2.75, 3.05) is 6.54 Å². The van der Waals surface area contributed by atoms with Gasteiger partial charge in [0.2, 0.25) is 0 Å². The van der Waals surface area contributed by atoms with Crippen LogP contribution in [-0.2, 0) is 0 Å². The van der Waals surface area contributed by atoms with E-state index < -0.39 is 12.6 Å². The summed E-state index contributed by atoms with van der Waals surface area (Å²) in [7, 11) is 0. The van der Waals surface area contributed by atoms with E-state index in [1.165, 1.54) is 0 Å². The molecule has 0 bridgehead atoms. The van der Waals surface area contributed by atoms with Crippen LogP contribution in [0, 0.1) is 0 Å². The summed E-state index contributed by atoms with van der Waals surface area (Å²) in [5, 5.41) is 3.07. The molecule has 0 aliphatic carbocycles. The van der Waals surface area contributed by atoms with E-state index in [2.05, 4.69) is 11.9 Å². The topological polar surface area (TPSA) is 12.0 Å². The lowest BCUT2D eigenvalue weighted by Gasteiger charge is -2.17. The van der Waals surface area contributed by atoms with E-state index in [0.29, 0.717) is 6.42 Å². The van der Waals surface area contributed by atoms with Gasteiger partial charge in [-0.25, -0.2) is 0 Å². The summed E-state index contributed by atoms with van der Waals surface area (Å²) in [6.07, 6.45) is -1.45. The molecule has 0 fully saturated rings. The molecule has 0 spiro atoms. The second-order valence-electron chi connectivity index (χ2n) is 3.33. The van der Waals surface area contributed by atoms with Gasteiger partial charge in [0.15, 0.2) is 0 Å². The zero-order valence-electron chi connectivity index (χ0n) is 8.53. The Morgan fingerprint density at radius 3 is 2.50 bits per heavy atom. The highest BCUT2D eigenvalue weighted by Gasteiger charge is 2.27. The molecular weight excluding hydrogens is 191 g/mol. The average Bonchev–Trinajstić information content (AvgIpc) is 2.08. The van der Waals surface area contributed by atoms with Crippen LogP contribution in [0.2, 0.25) is 0 Å². The Morgan fingerprint density at radius 2 is 2.07 bits per heavy atom. The van der Waals surface area contributed by atoms with Crippen molar-refractivity contribution in [3.05, 3.63) is 12.7 Å². The molecule has 0 aliphatic rings. The molecule has 0 amide bonds. The van der Waals surface area contributed by atoms with Gasteiger partial charge >= 0.3 is 6.18 Å². The average molecular weight is 209 g/mol. The van der Waals surface area contributed by atoms with E-state index in [1.54, 1.807) is 6.08 Å². The van der Waals surface area contributed by atoms with Crippen LogP contribution in [0.5, 0.6) is 0 Å². The fraction of sp³-hybridized carbons (Fsp3) is 0.800. The van der Waals surface area contributed by atoms with E-state index in [9.17, 15) is 13.2 Å². The van der Waals surface area contributed by atoms with Crippen molar-refractivity contribution in [2.24, 2.45) is 0 Å². The minimum absolute atomic E-state index is 0.0888. The van der Waals surface area contributed by atoms with Crippen molar-refractivity contribution in [1.29, 1.82) is 0 Å². The van der Waals surface area contributed by atoms with Crippen LogP contribution in [0.1, 0.15) is 32.6 Å². The highest BCUT2D eigenvalue weighted by molar-refractivity contribution is 4.78. The molecule has 1 unspecified atom stereocenters. The number of halogens is 3. The maximum atomic E-state index is 11.9. The molecule has 0 aliphatic heterocycles. The van der Waals surface area contributed by atoms with Gasteiger partial charge in [-0.1, -0.05) is 13.0 Å². The highest BCUT2D eigenvalue weighted by atomic mass is 19.4. The zero-order valence-corrected chi connectivity index (χ0v) is 8.53. The number of alkyl halides is 3. The number of nitrogens with one attached hydrogen (secondary N) is 1. The van der Waals surface area contributed by atoms with Crippen LogP contribution in [0.15, 0.2) is 12.7 Å². The smallest absolute Gasteiger partial charge is 0.314 e. The van der Waals surface area contributed by atoms with Gasteiger partial charge < -0.3 is 5.32 Å². The summed E-state index contributed by atoms with van der Waals surface area (Å²) in [4.78, 5) is 0. The van der Waals surface area contributed by atoms with Crippen LogP contribution < -0.4 is 5.32 Å². The van der Waals surface area contributed by atoms with Crippen molar-refractivity contribution in [3.8, 4) is 0 Å². The predicted molar refractivity (Wildman–Crippen MR) is 52.2 cm³/mol. The predicted octanol–water partition coefficient (Wildman–Crippen LogP) is 3.27. The molecule has 0 saturated heterocycles. The normalized spacial score (nSPS) is 14.0. The molecular formula is C10H18F3N. The summed E-state index contributed by atoms with van der Waals surface area (Å²) >= 11 is 0. The molecule has 14 heavy (non-hydrogen) atoms. The van der Waals surface area contributed by atoms with Gasteiger partial charge in [-0.3, -0.25) is 0 Å². The maximum Gasteiger partial charge on any atom is 0.389 e. The summed E-state index contributed by atoms with van der Waals surface area (Å²) in [6.45, 7) is 6.28. The van der Waals surface area contributed by atoms with Crippen LogP contribution >= 0.6 is 0 Å². The standard InChI is InChI=1S/C10H18F3N/c1-3-5-9(14-8-4-2)6-7-10(11,12)13/h3,9,14H,1,4-8H2,2H3. The first kappa shape index (κ1) is 13.5. The van der Waals surface area contributed by atoms with Crippen LogP contribution in [0.25, 0.3) is 0 Å². The minimum atomic E-state index is -4.05. The fourth-order valence-electron chi connectivity index (χ4n) is 1.19. The molecule has 0 rings (SSSR count). The van der Waals surface area contributed by atoms with E-state index in [1.807, 2.05) is 6.92 Å². The third kappa shape index (κ3) is 8.10. The molecule has 0 radical (unpaired) electrons. The van der Waals surface area contributed by atoms with Crippen LogP contribution in [0.3, 0.4) is 0 Å². The lowest BCUT2D eigenvalue weighted by atomic mass is 10.1. The molecule has 0 aromatic rings.